The number of aromatic nitrogens is 2. The van der Waals surface area contributed by atoms with Crippen molar-refractivity contribution in [1.29, 1.82) is 0 Å². The van der Waals surface area contributed by atoms with Gasteiger partial charge >= 0.3 is 0 Å². The minimum Gasteiger partial charge on any atom is -0.508 e. The summed E-state index contributed by atoms with van der Waals surface area (Å²) in [7, 11) is -3.68. The van der Waals surface area contributed by atoms with Gasteiger partial charge < -0.3 is 29.7 Å². The lowest BCUT2D eigenvalue weighted by atomic mass is 10.0. The lowest BCUT2D eigenvalue weighted by Gasteiger charge is -2.32. The summed E-state index contributed by atoms with van der Waals surface area (Å²) in [4.78, 5) is 14.0. The molecule has 0 amide bonds. The monoisotopic (exact) mass is 593 g/mol. The molecule has 0 bridgehead atoms. The zero-order valence-corrected chi connectivity index (χ0v) is 24.2. The second kappa shape index (κ2) is 11.3. The first-order valence-corrected chi connectivity index (χ1v) is 15.6. The number of hydrogen-bond acceptors (Lipinski definition) is 10. The van der Waals surface area contributed by atoms with Crippen LogP contribution in [0.4, 0.5) is 27.3 Å². The maximum absolute atomic E-state index is 14.5. The van der Waals surface area contributed by atoms with Gasteiger partial charge in [0.15, 0.2) is 15.7 Å². The average molecular weight is 594 g/mol. The van der Waals surface area contributed by atoms with Crippen LogP contribution >= 0.6 is 0 Å². The van der Waals surface area contributed by atoms with E-state index < -0.39 is 15.7 Å². The predicted molar refractivity (Wildman–Crippen MR) is 160 cm³/mol. The molecule has 4 aromatic rings. The molecule has 0 spiro atoms. The van der Waals surface area contributed by atoms with Crippen LogP contribution in [-0.2, 0) is 19.3 Å². The molecule has 2 aromatic carbocycles. The van der Waals surface area contributed by atoms with E-state index in [0.29, 0.717) is 67.4 Å². The van der Waals surface area contributed by atoms with E-state index in [0.717, 1.165) is 36.5 Å². The molecule has 12 heteroatoms. The highest BCUT2D eigenvalue weighted by Gasteiger charge is 2.24. The summed E-state index contributed by atoms with van der Waals surface area (Å²) in [5, 5.41) is 14.6. The van der Waals surface area contributed by atoms with Crippen molar-refractivity contribution in [3.8, 4) is 17.0 Å². The number of anilines is 4. The fourth-order valence-corrected chi connectivity index (χ4v) is 6.35. The first kappa shape index (κ1) is 28.1. The molecule has 0 saturated carbocycles. The van der Waals surface area contributed by atoms with Crippen LogP contribution < -0.4 is 15.1 Å². The Labute approximate surface area is 243 Å². The van der Waals surface area contributed by atoms with Crippen LogP contribution in [0.3, 0.4) is 0 Å². The van der Waals surface area contributed by atoms with Crippen molar-refractivity contribution in [3.63, 3.8) is 0 Å². The minimum absolute atomic E-state index is 0.0163. The fraction of sp³-hybridized carbons (Fsp3) is 0.333. The van der Waals surface area contributed by atoms with Gasteiger partial charge in [-0.2, -0.15) is 0 Å². The molecule has 0 aliphatic carbocycles. The summed E-state index contributed by atoms with van der Waals surface area (Å²) < 4.78 is 51.1. The van der Waals surface area contributed by atoms with E-state index in [-0.39, 0.29) is 16.2 Å². The van der Waals surface area contributed by atoms with E-state index in [9.17, 15) is 17.9 Å². The third-order valence-corrected chi connectivity index (χ3v) is 8.76. The number of hydrogen-bond donors (Lipinski definition) is 2. The van der Waals surface area contributed by atoms with Crippen LogP contribution in [0, 0.1) is 12.7 Å². The number of aromatic hydroxyl groups is 1. The molecule has 2 aromatic heterocycles. The quantitative estimate of drug-likeness (QED) is 0.336. The number of benzene rings is 2. The number of pyridine rings is 2. The third kappa shape index (κ3) is 5.57. The van der Waals surface area contributed by atoms with Crippen molar-refractivity contribution in [1.82, 2.24) is 9.97 Å². The van der Waals surface area contributed by atoms with Crippen LogP contribution in [0.2, 0.25) is 0 Å². The molecule has 0 radical (unpaired) electrons. The van der Waals surface area contributed by atoms with Gasteiger partial charge in [0.1, 0.15) is 11.6 Å². The number of morpholine rings is 2. The van der Waals surface area contributed by atoms with Gasteiger partial charge in [-0.3, -0.25) is 0 Å². The summed E-state index contributed by atoms with van der Waals surface area (Å²) in [6.45, 7) is 7.08. The highest BCUT2D eigenvalue weighted by Crippen LogP contribution is 2.41. The normalized spacial score (nSPS) is 16.2. The molecular weight excluding hydrogens is 561 g/mol. The summed E-state index contributed by atoms with van der Waals surface area (Å²) in [6, 6.07) is 10.5. The molecule has 220 valence electrons. The molecule has 2 saturated heterocycles. The van der Waals surface area contributed by atoms with E-state index in [1.54, 1.807) is 6.07 Å². The first-order valence-electron chi connectivity index (χ1n) is 13.7. The summed E-state index contributed by atoms with van der Waals surface area (Å²) in [5.41, 5.74) is 3.84. The van der Waals surface area contributed by atoms with Crippen molar-refractivity contribution >= 4 is 43.6 Å². The smallest absolute Gasteiger partial charge is 0.176 e. The summed E-state index contributed by atoms with van der Waals surface area (Å²) in [6.07, 6.45) is 2.97. The molecule has 4 heterocycles. The molecule has 2 fully saturated rings. The zero-order chi connectivity index (χ0) is 29.4. The Morgan fingerprint density at radius 2 is 1.64 bits per heavy atom. The SMILES string of the molecule is Cc1c(-c2cc(O)ccc2S(C)(=O)=O)nc2cc(F)ccc2c1Nc1cc(N2CCOCC2)cnc1N1CCOCC1. The number of nitrogens with zero attached hydrogens (tertiary/aromatic N) is 4. The first-order chi connectivity index (χ1) is 20.2. The highest BCUT2D eigenvalue weighted by molar-refractivity contribution is 7.90. The number of sulfone groups is 1. The third-order valence-electron chi connectivity index (χ3n) is 7.61. The predicted octanol–water partition coefficient (Wildman–Crippen LogP) is 4.27. The Morgan fingerprint density at radius 1 is 0.952 bits per heavy atom. The van der Waals surface area contributed by atoms with Crippen molar-refractivity contribution in [2.24, 2.45) is 0 Å². The number of halogens is 1. The molecule has 10 nitrogen and oxygen atoms in total. The van der Waals surface area contributed by atoms with E-state index in [1.807, 2.05) is 19.2 Å². The number of ether oxygens (including phenoxy) is 2. The van der Waals surface area contributed by atoms with Gasteiger partial charge in [-0.1, -0.05) is 0 Å². The van der Waals surface area contributed by atoms with Crippen LogP contribution in [-0.4, -0.2) is 82.4 Å². The summed E-state index contributed by atoms with van der Waals surface area (Å²) >= 11 is 0. The van der Waals surface area contributed by atoms with E-state index in [1.165, 1.54) is 30.3 Å². The van der Waals surface area contributed by atoms with Gasteiger partial charge in [-0.05, 0) is 48.9 Å². The van der Waals surface area contributed by atoms with Crippen LogP contribution in [0.25, 0.3) is 22.2 Å². The van der Waals surface area contributed by atoms with Gasteiger partial charge in [0.05, 0.1) is 65.8 Å². The maximum Gasteiger partial charge on any atom is 0.176 e. The van der Waals surface area contributed by atoms with Crippen LogP contribution in [0.5, 0.6) is 5.75 Å². The number of phenols is 1. The molecule has 2 aliphatic heterocycles. The highest BCUT2D eigenvalue weighted by atomic mass is 32.2. The van der Waals surface area contributed by atoms with E-state index >= 15 is 0 Å². The van der Waals surface area contributed by atoms with Gasteiger partial charge in [0, 0.05) is 49.5 Å². The molecule has 2 aliphatic rings. The topological polar surface area (TPSA) is 117 Å². The molecule has 42 heavy (non-hydrogen) atoms. The average Bonchev–Trinajstić information content (AvgIpc) is 2.98. The molecule has 0 atom stereocenters. The van der Waals surface area contributed by atoms with Crippen molar-refractivity contribution < 1.29 is 27.4 Å². The van der Waals surface area contributed by atoms with Gasteiger partial charge in [-0.25, -0.2) is 22.8 Å². The second-order valence-electron chi connectivity index (χ2n) is 10.5. The van der Waals surface area contributed by atoms with E-state index in [2.05, 4.69) is 15.1 Å². The Kier molecular flexibility index (Phi) is 7.60. The largest absolute Gasteiger partial charge is 0.508 e. The lowest BCUT2D eigenvalue weighted by molar-refractivity contribution is 0.122. The Morgan fingerprint density at radius 3 is 2.33 bits per heavy atom. The number of nitrogens with one attached hydrogen (secondary N) is 1. The van der Waals surface area contributed by atoms with Crippen molar-refractivity contribution in [2.75, 3.05) is 74.0 Å². The number of fused-ring (bicyclic) bond motifs is 1. The standard InChI is InChI=1S/C30H32FN5O5S/c1-19-28(34-26-16-21(35-7-11-40-12-8-35)18-32-30(26)36-9-13-41-14-10-36)23-5-3-20(31)15-25(23)33-29(19)24-17-22(37)4-6-27(24)42(2,38)39/h3-6,15-18,37H,7-14H2,1-2H3,(H,33,34). The molecule has 2 N–H and O–H groups in total. The zero-order valence-electron chi connectivity index (χ0n) is 23.4. The van der Waals surface area contributed by atoms with Crippen LogP contribution in [0.1, 0.15) is 5.56 Å². The Bertz CT molecular complexity index is 1760. The Balaban J connectivity index is 1.55. The molecular formula is C30H32FN5O5S. The van der Waals surface area contributed by atoms with Crippen molar-refractivity contribution in [2.45, 2.75) is 11.8 Å². The van der Waals surface area contributed by atoms with Crippen molar-refractivity contribution in [3.05, 3.63) is 60.0 Å². The summed E-state index contributed by atoms with van der Waals surface area (Å²) in [5.74, 6) is 0.168. The van der Waals surface area contributed by atoms with Crippen LogP contribution in [0.15, 0.2) is 53.6 Å². The lowest BCUT2D eigenvalue weighted by Crippen LogP contribution is -2.38. The number of phenolic OH excluding ortho intramolecular Hbond substituents is 1. The molecule has 0 unspecified atom stereocenters. The van der Waals surface area contributed by atoms with Gasteiger partial charge in [-0.15, -0.1) is 0 Å². The number of rotatable bonds is 6. The van der Waals surface area contributed by atoms with Gasteiger partial charge in [0.25, 0.3) is 0 Å². The maximum atomic E-state index is 14.5. The molecule has 6 rings (SSSR count). The second-order valence-corrected chi connectivity index (χ2v) is 12.4. The minimum atomic E-state index is -3.68. The Hall–Kier alpha value is -4.00. The fourth-order valence-electron chi connectivity index (χ4n) is 5.48. The van der Waals surface area contributed by atoms with E-state index in [4.69, 9.17) is 19.4 Å². The van der Waals surface area contributed by atoms with Gasteiger partial charge in [0.2, 0.25) is 0 Å².